The molecule has 12 heavy (non-hydrogen) atoms. The number of amides is 2. The van der Waals surface area contributed by atoms with Crippen molar-refractivity contribution >= 4 is 12.0 Å². The Hall–Kier alpha value is -1.26. The molecule has 0 spiro atoms. The lowest BCUT2D eigenvalue weighted by atomic mass is 10.4. The number of hydrogen-bond donors (Lipinski definition) is 1. The second kappa shape index (κ2) is 3.94. The molecule has 5 heteroatoms. The van der Waals surface area contributed by atoms with Crippen molar-refractivity contribution in [1.82, 2.24) is 10.2 Å². The van der Waals surface area contributed by atoms with Crippen LogP contribution in [0.25, 0.3) is 0 Å². The predicted octanol–water partition coefficient (Wildman–Crippen LogP) is -0.425. The Morgan fingerprint density at radius 3 is 2.67 bits per heavy atom. The lowest BCUT2D eigenvalue weighted by molar-refractivity contribution is -0.140. The average molecular weight is 172 g/mol. The molecular formula is C7H12N2O3. The third-order valence-corrected chi connectivity index (χ3v) is 1.57. The summed E-state index contributed by atoms with van der Waals surface area (Å²) in [4.78, 5) is 23.2. The summed E-state index contributed by atoms with van der Waals surface area (Å²) in [6.45, 7) is 2.00. The van der Waals surface area contributed by atoms with Crippen LogP contribution in [0.15, 0.2) is 0 Å². The summed E-state index contributed by atoms with van der Waals surface area (Å²) in [6, 6.07) is -0.0982. The summed E-state index contributed by atoms with van der Waals surface area (Å²) >= 11 is 0. The number of carbonyl (C=O) groups excluding carboxylic acids is 2. The summed E-state index contributed by atoms with van der Waals surface area (Å²) in [5.41, 5.74) is 0. The van der Waals surface area contributed by atoms with Gasteiger partial charge in [-0.2, -0.15) is 0 Å². The Kier molecular flexibility index (Phi) is 2.90. The maximum atomic E-state index is 10.9. The van der Waals surface area contributed by atoms with E-state index in [1.807, 2.05) is 0 Å². The Labute approximate surface area is 70.7 Å². The van der Waals surface area contributed by atoms with Gasteiger partial charge in [0.15, 0.2) is 0 Å². The number of urea groups is 1. The molecule has 0 aromatic carbocycles. The molecular weight excluding hydrogens is 160 g/mol. The van der Waals surface area contributed by atoms with E-state index in [9.17, 15) is 9.59 Å². The van der Waals surface area contributed by atoms with Crippen molar-refractivity contribution < 1.29 is 14.3 Å². The van der Waals surface area contributed by atoms with Crippen LogP contribution in [-0.4, -0.2) is 43.6 Å². The first-order valence-electron chi connectivity index (χ1n) is 3.83. The standard InChI is InChI=1S/C7H12N2O3/c1-12-6(10)2-3-8-7(11)9-4-5-9/h2-5H2,1H3,(H,8,11). The monoisotopic (exact) mass is 172 g/mol. The third kappa shape index (κ3) is 2.77. The minimum atomic E-state index is -0.305. The highest BCUT2D eigenvalue weighted by Gasteiger charge is 2.23. The molecule has 2 amide bonds. The number of methoxy groups -OCH3 is 1. The molecule has 0 aliphatic carbocycles. The van der Waals surface area contributed by atoms with Crippen LogP contribution in [-0.2, 0) is 9.53 Å². The number of hydrogen-bond acceptors (Lipinski definition) is 3. The van der Waals surface area contributed by atoms with Gasteiger partial charge in [-0.15, -0.1) is 0 Å². The smallest absolute Gasteiger partial charge is 0.317 e. The van der Waals surface area contributed by atoms with E-state index in [0.717, 1.165) is 13.1 Å². The van der Waals surface area contributed by atoms with Gasteiger partial charge >= 0.3 is 12.0 Å². The second-order valence-corrected chi connectivity index (χ2v) is 2.55. The number of ether oxygens (including phenoxy) is 1. The van der Waals surface area contributed by atoms with Crippen LogP contribution in [0, 0.1) is 0 Å². The molecule has 68 valence electrons. The van der Waals surface area contributed by atoms with Crippen molar-refractivity contribution in [2.75, 3.05) is 26.7 Å². The van der Waals surface area contributed by atoms with Gasteiger partial charge in [-0.1, -0.05) is 0 Å². The van der Waals surface area contributed by atoms with Gasteiger partial charge in [-0.3, -0.25) is 4.79 Å². The lowest BCUT2D eigenvalue weighted by Gasteiger charge is -2.03. The Balaban J connectivity index is 2.01. The summed E-state index contributed by atoms with van der Waals surface area (Å²) in [5, 5.41) is 2.60. The first-order chi connectivity index (χ1) is 5.74. The topological polar surface area (TPSA) is 58.4 Å². The van der Waals surface area contributed by atoms with E-state index in [1.54, 1.807) is 4.90 Å². The largest absolute Gasteiger partial charge is 0.469 e. The van der Waals surface area contributed by atoms with Crippen LogP contribution in [0.1, 0.15) is 6.42 Å². The van der Waals surface area contributed by atoms with Crippen molar-refractivity contribution in [3.05, 3.63) is 0 Å². The van der Waals surface area contributed by atoms with Crippen molar-refractivity contribution in [3.8, 4) is 0 Å². The third-order valence-electron chi connectivity index (χ3n) is 1.57. The molecule has 0 aromatic heterocycles. The number of rotatable bonds is 3. The molecule has 1 fully saturated rings. The zero-order valence-electron chi connectivity index (χ0n) is 7.00. The molecule has 1 rings (SSSR count). The summed E-state index contributed by atoms with van der Waals surface area (Å²) in [5.74, 6) is -0.305. The van der Waals surface area contributed by atoms with Gasteiger partial charge in [-0.25, -0.2) is 4.79 Å². The summed E-state index contributed by atoms with van der Waals surface area (Å²) < 4.78 is 4.40. The molecule has 0 aromatic rings. The van der Waals surface area contributed by atoms with Crippen molar-refractivity contribution in [1.29, 1.82) is 0 Å². The molecule has 1 heterocycles. The molecule has 1 saturated heterocycles. The molecule has 1 aliphatic heterocycles. The first kappa shape index (κ1) is 8.83. The van der Waals surface area contributed by atoms with E-state index < -0.39 is 0 Å². The highest BCUT2D eigenvalue weighted by atomic mass is 16.5. The molecule has 1 aliphatic rings. The summed E-state index contributed by atoms with van der Waals surface area (Å²) in [6.07, 6.45) is 0.232. The fraction of sp³-hybridized carbons (Fsp3) is 0.714. The van der Waals surface area contributed by atoms with E-state index in [4.69, 9.17) is 0 Å². The zero-order valence-corrected chi connectivity index (χ0v) is 7.00. The minimum absolute atomic E-state index is 0.0982. The molecule has 0 unspecified atom stereocenters. The van der Waals surface area contributed by atoms with Gasteiger partial charge < -0.3 is 15.0 Å². The fourth-order valence-corrected chi connectivity index (χ4v) is 0.738. The van der Waals surface area contributed by atoms with Crippen LogP contribution < -0.4 is 5.32 Å². The van der Waals surface area contributed by atoms with Crippen LogP contribution >= 0.6 is 0 Å². The van der Waals surface area contributed by atoms with Gasteiger partial charge in [0.25, 0.3) is 0 Å². The number of nitrogens with one attached hydrogen (secondary N) is 1. The number of nitrogens with zero attached hydrogens (tertiary/aromatic N) is 1. The molecule has 1 N–H and O–H groups in total. The molecule has 0 radical (unpaired) electrons. The fourth-order valence-electron chi connectivity index (χ4n) is 0.738. The lowest BCUT2D eigenvalue weighted by Crippen LogP contribution is -2.30. The SMILES string of the molecule is COC(=O)CCNC(=O)N1CC1. The van der Waals surface area contributed by atoms with Crippen molar-refractivity contribution in [3.63, 3.8) is 0 Å². The molecule has 0 bridgehead atoms. The highest BCUT2D eigenvalue weighted by molar-refractivity contribution is 5.77. The van der Waals surface area contributed by atoms with Crippen LogP contribution in [0.2, 0.25) is 0 Å². The van der Waals surface area contributed by atoms with Gasteiger partial charge in [0.1, 0.15) is 0 Å². The minimum Gasteiger partial charge on any atom is -0.469 e. The molecule has 5 nitrogen and oxygen atoms in total. The average Bonchev–Trinajstić information content (AvgIpc) is 2.86. The van der Waals surface area contributed by atoms with E-state index in [0.29, 0.717) is 6.54 Å². The van der Waals surface area contributed by atoms with Gasteiger partial charge in [0, 0.05) is 19.6 Å². The molecule has 0 atom stereocenters. The quantitative estimate of drug-likeness (QED) is 0.464. The van der Waals surface area contributed by atoms with Crippen LogP contribution in [0.3, 0.4) is 0 Å². The van der Waals surface area contributed by atoms with Gasteiger partial charge in [0.05, 0.1) is 13.5 Å². The van der Waals surface area contributed by atoms with Gasteiger partial charge in [0.2, 0.25) is 0 Å². The Morgan fingerprint density at radius 1 is 1.50 bits per heavy atom. The van der Waals surface area contributed by atoms with Crippen molar-refractivity contribution in [2.24, 2.45) is 0 Å². The van der Waals surface area contributed by atoms with Crippen molar-refractivity contribution in [2.45, 2.75) is 6.42 Å². The van der Waals surface area contributed by atoms with Crippen LogP contribution in [0.4, 0.5) is 4.79 Å². The van der Waals surface area contributed by atoms with E-state index in [1.165, 1.54) is 7.11 Å². The van der Waals surface area contributed by atoms with Gasteiger partial charge in [-0.05, 0) is 0 Å². The maximum absolute atomic E-state index is 10.9. The number of esters is 1. The predicted molar refractivity (Wildman–Crippen MR) is 41.6 cm³/mol. The van der Waals surface area contributed by atoms with Crippen LogP contribution in [0.5, 0.6) is 0 Å². The normalized spacial score (nSPS) is 13.9. The summed E-state index contributed by atoms with van der Waals surface area (Å²) in [7, 11) is 1.33. The van der Waals surface area contributed by atoms with E-state index >= 15 is 0 Å². The zero-order chi connectivity index (χ0) is 8.97. The van der Waals surface area contributed by atoms with E-state index in [-0.39, 0.29) is 18.4 Å². The maximum Gasteiger partial charge on any atom is 0.317 e. The number of carbonyl (C=O) groups is 2. The highest BCUT2D eigenvalue weighted by Crippen LogP contribution is 2.02. The van der Waals surface area contributed by atoms with E-state index in [2.05, 4.69) is 10.1 Å². The second-order valence-electron chi connectivity index (χ2n) is 2.55. The first-order valence-corrected chi connectivity index (χ1v) is 3.83. The molecule has 0 saturated carbocycles. The Morgan fingerprint density at radius 2 is 2.17 bits per heavy atom. The Bertz CT molecular complexity index is 189.